The Hall–Kier alpha value is -3.39. The molecule has 0 radical (unpaired) electrons. The number of imidazole rings is 1. The molecule has 0 atom stereocenters. The molecule has 5 heterocycles. The van der Waals surface area contributed by atoms with E-state index in [1.807, 2.05) is 11.1 Å². The number of aryl methyl sites for hydroxylation is 2. The van der Waals surface area contributed by atoms with Crippen LogP contribution in [-0.2, 0) is 16.0 Å². The Morgan fingerprint density at radius 2 is 1.75 bits per heavy atom. The molecule has 8 heteroatoms. The summed E-state index contributed by atoms with van der Waals surface area (Å²) in [6.45, 7) is 9.65. The second kappa shape index (κ2) is 9.58. The molecule has 2 aromatic heterocycles. The highest BCUT2D eigenvalue weighted by Crippen LogP contribution is 2.38. The van der Waals surface area contributed by atoms with Crippen LogP contribution in [0.1, 0.15) is 29.7 Å². The molecular weight excluding hydrogens is 452 g/mol. The molecule has 0 saturated carbocycles. The molecule has 8 nitrogen and oxygen atoms in total. The molecular formula is C28H34N6O2. The van der Waals surface area contributed by atoms with E-state index < -0.39 is 0 Å². The maximum atomic E-state index is 13.9. The molecule has 0 bridgehead atoms. The monoisotopic (exact) mass is 486 g/mol. The molecule has 36 heavy (non-hydrogen) atoms. The minimum absolute atomic E-state index is 0.0224. The molecule has 3 aliphatic heterocycles. The van der Waals surface area contributed by atoms with Crippen LogP contribution >= 0.6 is 0 Å². The number of aromatic amines is 1. The number of H-pyrrole nitrogens is 1. The number of ether oxygens (including phenoxy) is 1. The number of nitrogens with one attached hydrogen (secondary N) is 1. The van der Waals surface area contributed by atoms with Crippen LogP contribution < -0.4 is 14.7 Å². The Morgan fingerprint density at radius 3 is 2.50 bits per heavy atom. The van der Waals surface area contributed by atoms with Crippen molar-refractivity contribution in [1.82, 2.24) is 15.0 Å². The van der Waals surface area contributed by atoms with Crippen LogP contribution in [0.2, 0.25) is 0 Å². The average Bonchev–Trinajstić information content (AvgIpc) is 3.28. The van der Waals surface area contributed by atoms with Crippen LogP contribution in [0.15, 0.2) is 36.5 Å². The van der Waals surface area contributed by atoms with Gasteiger partial charge in [0.25, 0.3) is 0 Å². The number of hydrogen-bond acceptors (Lipinski definition) is 6. The van der Waals surface area contributed by atoms with Gasteiger partial charge in [0.1, 0.15) is 5.82 Å². The molecule has 6 rings (SSSR count). The number of pyridine rings is 1. The minimum Gasteiger partial charge on any atom is -0.378 e. The largest absolute Gasteiger partial charge is 0.378 e. The third-order valence-corrected chi connectivity index (χ3v) is 7.69. The van der Waals surface area contributed by atoms with Crippen molar-refractivity contribution in [1.29, 1.82) is 0 Å². The van der Waals surface area contributed by atoms with Gasteiger partial charge in [0.15, 0.2) is 0 Å². The third kappa shape index (κ3) is 4.34. The van der Waals surface area contributed by atoms with E-state index in [1.54, 1.807) is 0 Å². The number of aromatic nitrogens is 3. The molecule has 0 aliphatic carbocycles. The Labute approximate surface area is 212 Å². The van der Waals surface area contributed by atoms with Gasteiger partial charge in [-0.1, -0.05) is 17.7 Å². The quantitative estimate of drug-likeness (QED) is 0.608. The molecule has 2 saturated heterocycles. The van der Waals surface area contributed by atoms with Gasteiger partial charge in [-0.25, -0.2) is 9.97 Å². The van der Waals surface area contributed by atoms with Crippen LogP contribution in [0.3, 0.4) is 0 Å². The normalized spacial score (nSPS) is 18.6. The van der Waals surface area contributed by atoms with Crippen LogP contribution in [0.5, 0.6) is 0 Å². The van der Waals surface area contributed by atoms with Gasteiger partial charge in [-0.15, -0.1) is 0 Å². The molecule has 0 spiro atoms. The van der Waals surface area contributed by atoms with Crippen molar-refractivity contribution < 1.29 is 9.53 Å². The van der Waals surface area contributed by atoms with Gasteiger partial charge in [0.05, 0.1) is 24.6 Å². The molecule has 1 aromatic carbocycles. The highest BCUT2D eigenvalue weighted by molar-refractivity contribution is 6.00. The first kappa shape index (κ1) is 23.0. The van der Waals surface area contributed by atoms with Crippen molar-refractivity contribution in [3.05, 3.63) is 53.3 Å². The number of hydrogen-bond donors (Lipinski definition) is 1. The van der Waals surface area contributed by atoms with E-state index in [9.17, 15) is 4.79 Å². The lowest BCUT2D eigenvalue weighted by Gasteiger charge is -2.35. The highest BCUT2D eigenvalue weighted by Gasteiger charge is 2.33. The van der Waals surface area contributed by atoms with Gasteiger partial charge in [-0.2, -0.15) is 0 Å². The summed E-state index contributed by atoms with van der Waals surface area (Å²) in [5, 5.41) is 0. The molecule has 188 valence electrons. The highest BCUT2D eigenvalue weighted by atomic mass is 16.5. The molecule has 3 aromatic rings. The fraction of sp³-hybridized carbons (Fsp3) is 0.464. The third-order valence-electron chi connectivity index (χ3n) is 7.69. The zero-order chi connectivity index (χ0) is 24.6. The molecule has 2 fully saturated rings. The summed E-state index contributed by atoms with van der Waals surface area (Å²) in [6, 6.07) is 10.6. The van der Waals surface area contributed by atoms with Gasteiger partial charge < -0.3 is 24.4 Å². The number of carbonyl (C=O) groups excluding carboxylic acids is 1. The summed E-state index contributed by atoms with van der Waals surface area (Å²) in [6.07, 6.45) is 4.36. The second-order valence-electron chi connectivity index (χ2n) is 10.2. The van der Waals surface area contributed by atoms with Crippen molar-refractivity contribution in [3.8, 4) is 11.3 Å². The summed E-state index contributed by atoms with van der Waals surface area (Å²) >= 11 is 0. The van der Waals surface area contributed by atoms with Gasteiger partial charge in [-0.3, -0.25) is 4.79 Å². The van der Waals surface area contributed by atoms with E-state index in [4.69, 9.17) is 9.72 Å². The van der Waals surface area contributed by atoms with E-state index in [2.05, 4.69) is 63.9 Å². The van der Waals surface area contributed by atoms with Crippen LogP contribution in [-0.4, -0.2) is 66.8 Å². The first-order valence-electron chi connectivity index (χ1n) is 13.1. The van der Waals surface area contributed by atoms with Gasteiger partial charge in [0, 0.05) is 62.5 Å². The average molecular weight is 487 g/mol. The smallest absolute Gasteiger partial charge is 0.230 e. The summed E-state index contributed by atoms with van der Waals surface area (Å²) < 4.78 is 5.52. The first-order valence-corrected chi connectivity index (χ1v) is 13.1. The predicted octanol–water partition coefficient (Wildman–Crippen LogP) is 3.73. The predicted molar refractivity (Wildman–Crippen MR) is 142 cm³/mol. The van der Waals surface area contributed by atoms with E-state index >= 15 is 0 Å². The van der Waals surface area contributed by atoms with Crippen LogP contribution in [0, 0.1) is 19.8 Å². The Morgan fingerprint density at radius 1 is 0.972 bits per heavy atom. The number of carbonyl (C=O) groups is 1. The van der Waals surface area contributed by atoms with E-state index in [-0.39, 0.29) is 11.8 Å². The molecule has 1 amide bonds. The van der Waals surface area contributed by atoms with Gasteiger partial charge in [-0.05, 0) is 50.5 Å². The number of benzene rings is 1. The standard InChI is InChI=1S/C28H34N6O2/c1-19-3-5-24-22(17-19)26-23(30-28(31-26)33-13-15-36-16-14-33)9-12-34(24)27(35)21-7-10-32(11-8-21)25-6-4-20(2)18-29-25/h3-6,17-18,21H,7-16H2,1-2H3,(H,30,31). The Bertz CT molecular complexity index is 1240. The second-order valence-corrected chi connectivity index (χ2v) is 10.2. The lowest BCUT2D eigenvalue weighted by Crippen LogP contribution is -2.43. The van der Waals surface area contributed by atoms with Gasteiger partial charge >= 0.3 is 0 Å². The summed E-state index contributed by atoms with van der Waals surface area (Å²) in [7, 11) is 0. The Balaban J connectivity index is 1.23. The molecule has 3 aliphatic rings. The van der Waals surface area contributed by atoms with E-state index in [1.165, 1.54) is 5.56 Å². The number of fused-ring (bicyclic) bond motifs is 3. The van der Waals surface area contributed by atoms with Crippen molar-refractivity contribution in [3.63, 3.8) is 0 Å². The summed E-state index contributed by atoms with van der Waals surface area (Å²) in [5.41, 5.74) is 6.45. The Kier molecular flexibility index (Phi) is 6.13. The van der Waals surface area contributed by atoms with Crippen molar-refractivity contribution in [2.24, 2.45) is 5.92 Å². The number of rotatable bonds is 3. The minimum atomic E-state index is 0.0224. The molecule has 1 N–H and O–H groups in total. The van der Waals surface area contributed by atoms with Crippen LogP contribution in [0.25, 0.3) is 11.3 Å². The van der Waals surface area contributed by atoms with E-state index in [0.29, 0.717) is 6.54 Å². The number of piperidine rings is 1. The first-order chi connectivity index (χ1) is 17.6. The fourth-order valence-corrected chi connectivity index (χ4v) is 5.59. The van der Waals surface area contributed by atoms with Crippen molar-refractivity contribution in [2.75, 3.05) is 60.6 Å². The van der Waals surface area contributed by atoms with E-state index in [0.717, 1.165) is 98.6 Å². The number of morpholine rings is 1. The van der Waals surface area contributed by atoms with Crippen LogP contribution in [0.4, 0.5) is 17.5 Å². The summed E-state index contributed by atoms with van der Waals surface area (Å²) in [5.74, 6) is 2.17. The van der Waals surface area contributed by atoms with Crippen molar-refractivity contribution in [2.45, 2.75) is 33.1 Å². The molecule has 0 unspecified atom stereocenters. The van der Waals surface area contributed by atoms with Crippen molar-refractivity contribution >= 4 is 23.4 Å². The lowest BCUT2D eigenvalue weighted by atomic mass is 9.94. The summed E-state index contributed by atoms with van der Waals surface area (Å²) in [4.78, 5) is 33.6. The zero-order valence-electron chi connectivity index (χ0n) is 21.2. The number of anilines is 3. The number of amides is 1. The topological polar surface area (TPSA) is 77.6 Å². The zero-order valence-corrected chi connectivity index (χ0v) is 21.2. The fourth-order valence-electron chi connectivity index (χ4n) is 5.59. The number of nitrogens with zero attached hydrogens (tertiary/aromatic N) is 5. The maximum absolute atomic E-state index is 13.9. The SMILES string of the molecule is Cc1ccc(N2CCC(C(=O)N3CCc4[nH]c(N5CCOCC5)nc4-c4cc(C)ccc43)CC2)nc1. The van der Waals surface area contributed by atoms with Gasteiger partial charge in [0.2, 0.25) is 11.9 Å². The maximum Gasteiger partial charge on any atom is 0.230 e. The lowest BCUT2D eigenvalue weighted by molar-refractivity contribution is -0.123.